The summed E-state index contributed by atoms with van der Waals surface area (Å²) < 4.78 is 20.8. The molecule has 0 aliphatic carbocycles. The summed E-state index contributed by atoms with van der Waals surface area (Å²) in [4.78, 5) is 60.3. The van der Waals surface area contributed by atoms with Crippen LogP contribution in [0.4, 0.5) is 32.2 Å². The Kier molecular flexibility index (Phi) is 11.2. The van der Waals surface area contributed by atoms with Crippen molar-refractivity contribution in [2.45, 2.75) is 58.9 Å². The van der Waals surface area contributed by atoms with E-state index in [9.17, 15) is 14.4 Å². The number of hydrogen-bond acceptors (Lipinski definition) is 12. The second-order valence-corrected chi connectivity index (χ2v) is 15.4. The molecule has 4 amide bonds. The summed E-state index contributed by atoms with van der Waals surface area (Å²) in [7, 11) is 0. The van der Waals surface area contributed by atoms with Crippen LogP contribution in [0.15, 0.2) is 71.6 Å². The molecule has 0 bridgehead atoms. The first-order chi connectivity index (χ1) is 27.3. The first kappa shape index (κ1) is 39.0. The van der Waals surface area contributed by atoms with Crippen molar-refractivity contribution in [3.8, 4) is 11.3 Å². The first-order valence-electron chi connectivity index (χ1n) is 19.0. The van der Waals surface area contributed by atoms with Crippen LogP contribution in [0, 0.1) is 12.7 Å². The number of anilines is 4. The smallest absolute Gasteiger partial charge is 0.328 e. The summed E-state index contributed by atoms with van der Waals surface area (Å²) in [6, 6.07) is 15.8. The largest absolute Gasteiger partial charge is 0.368 e. The van der Waals surface area contributed by atoms with Crippen LogP contribution in [-0.2, 0) is 16.6 Å². The molecule has 1 unspecified atom stereocenters. The Balaban J connectivity index is 0.901. The number of carbonyl (C=O) groups is 3. The maximum atomic E-state index is 15.6. The third-order valence-electron chi connectivity index (χ3n) is 10.2. The number of pyridine rings is 1. The number of aryl methyl sites for hydroxylation is 1. The Bertz CT molecular complexity index is 2250. The zero-order valence-electron chi connectivity index (χ0n) is 32.7. The average molecular weight is 776 g/mol. The number of hydrogen-bond donors (Lipinski definition) is 3. The average Bonchev–Trinajstić information content (AvgIpc) is 3.71. The highest BCUT2D eigenvalue weighted by Gasteiger charge is 2.26. The summed E-state index contributed by atoms with van der Waals surface area (Å²) in [5.41, 5.74) is 4.70. The van der Waals surface area contributed by atoms with Gasteiger partial charge in [-0.15, -0.1) is 0 Å². The summed E-state index contributed by atoms with van der Waals surface area (Å²) in [6.45, 7) is 14.3. The summed E-state index contributed by atoms with van der Waals surface area (Å²) in [6.07, 6.45) is 4.42. The Morgan fingerprint density at radius 3 is 2.39 bits per heavy atom. The minimum Gasteiger partial charge on any atom is -0.368 e. The quantitative estimate of drug-likeness (QED) is 0.149. The number of nitrogens with zero attached hydrogens (tertiary/aromatic N) is 8. The zero-order valence-corrected chi connectivity index (χ0v) is 32.7. The lowest BCUT2D eigenvalue weighted by Gasteiger charge is -2.36. The minimum atomic E-state index is -0.537. The number of nitrogens with one attached hydrogen (secondary N) is 3. The SMILES string of the molecule is Cc1cc(-c2cc(Nc3ccc(N4CCN(CCc5ccc(N6CCC(=O)NC6=O)cc5)CC4)cn3)ncn2)c(F)cc1C(C)NC(=O)c1nc(C(C)(C)C)no1. The van der Waals surface area contributed by atoms with Crippen LogP contribution in [0.1, 0.15) is 73.4 Å². The van der Waals surface area contributed by atoms with Crippen LogP contribution >= 0.6 is 0 Å². The van der Waals surface area contributed by atoms with Crippen LogP contribution in [0.25, 0.3) is 11.3 Å². The molecule has 2 fully saturated rings. The monoisotopic (exact) mass is 775 g/mol. The van der Waals surface area contributed by atoms with Gasteiger partial charge in [-0.3, -0.25) is 24.7 Å². The van der Waals surface area contributed by atoms with Crippen molar-refractivity contribution in [1.29, 1.82) is 0 Å². The Morgan fingerprint density at radius 1 is 0.947 bits per heavy atom. The van der Waals surface area contributed by atoms with Gasteiger partial charge in [0.15, 0.2) is 5.82 Å². The fourth-order valence-electron chi connectivity index (χ4n) is 6.84. The van der Waals surface area contributed by atoms with E-state index in [2.05, 4.69) is 50.8 Å². The van der Waals surface area contributed by atoms with Gasteiger partial charge in [-0.1, -0.05) is 38.1 Å². The van der Waals surface area contributed by atoms with Crippen molar-refractivity contribution in [2.75, 3.05) is 54.4 Å². The topological polar surface area (TPSA) is 175 Å². The normalized spacial score (nSPS) is 15.7. The maximum absolute atomic E-state index is 15.6. The van der Waals surface area contributed by atoms with E-state index >= 15 is 4.39 Å². The van der Waals surface area contributed by atoms with E-state index in [1.165, 1.54) is 18.0 Å². The van der Waals surface area contributed by atoms with E-state index < -0.39 is 17.8 Å². The number of piperazine rings is 1. The molecular formula is C41H46FN11O4. The second-order valence-electron chi connectivity index (χ2n) is 15.4. The number of benzene rings is 2. The Labute approximate surface area is 330 Å². The highest BCUT2D eigenvalue weighted by atomic mass is 19.1. The van der Waals surface area contributed by atoms with Gasteiger partial charge >= 0.3 is 17.8 Å². The molecule has 3 N–H and O–H groups in total. The highest BCUT2D eigenvalue weighted by molar-refractivity contribution is 6.05. The molecule has 15 nitrogen and oxygen atoms in total. The van der Waals surface area contributed by atoms with Crippen LogP contribution in [0.2, 0.25) is 0 Å². The van der Waals surface area contributed by atoms with Crippen LogP contribution in [-0.4, -0.2) is 87.1 Å². The summed E-state index contributed by atoms with van der Waals surface area (Å²) in [5, 5.41) is 12.3. The van der Waals surface area contributed by atoms with Gasteiger partial charge < -0.3 is 20.1 Å². The van der Waals surface area contributed by atoms with Gasteiger partial charge in [0.2, 0.25) is 5.91 Å². The molecule has 3 aromatic heterocycles. The molecule has 1 atom stereocenters. The third-order valence-corrected chi connectivity index (χ3v) is 10.2. The molecule has 2 aromatic carbocycles. The molecule has 0 saturated carbocycles. The first-order valence-corrected chi connectivity index (χ1v) is 19.0. The molecule has 5 heterocycles. The van der Waals surface area contributed by atoms with Crippen LogP contribution < -0.4 is 25.8 Å². The van der Waals surface area contributed by atoms with Gasteiger partial charge in [0.25, 0.3) is 0 Å². The van der Waals surface area contributed by atoms with Crippen molar-refractivity contribution in [1.82, 2.24) is 40.6 Å². The van der Waals surface area contributed by atoms with E-state index in [1.54, 1.807) is 24.0 Å². The molecule has 2 aliphatic heterocycles. The lowest BCUT2D eigenvalue weighted by atomic mass is 9.96. The summed E-state index contributed by atoms with van der Waals surface area (Å²) >= 11 is 0. The van der Waals surface area contributed by atoms with Crippen molar-refractivity contribution >= 4 is 40.9 Å². The number of amides is 4. The number of halogens is 1. The standard InChI is InChI=1S/C41H46FN11O4/c1-25-20-31(32(42)21-30(25)26(2)46-37(55)38-49-39(50-57-38)41(3,4)5)33-22-35(45-24-44-33)47-34-11-10-29(23-43-34)52-18-16-51(17-19-52)14-12-27-6-8-28(9-7-27)53-15-13-36(54)48-40(53)56/h6-11,20-24,26H,12-19H2,1-5H3,(H,46,55)(H,48,54,56)(H,43,44,45,47). The molecular weight excluding hydrogens is 730 g/mol. The van der Waals surface area contributed by atoms with E-state index in [-0.39, 0.29) is 23.2 Å². The van der Waals surface area contributed by atoms with Crippen molar-refractivity contribution in [2.24, 2.45) is 0 Å². The van der Waals surface area contributed by atoms with Crippen LogP contribution in [0.3, 0.4) is 0 Å². The van der Waals surface area contributed by atoms with Gasteiger partial charge in [0.05, 0.1) is 23.6 Å². The van der Waals surface area contributed by atoms with Crippen molar-refractivity contribution < 1.29 is 23.3 Å². The molecule has 7 rings (SSSR count). The van der Waals surface area contributed by atoms with Gasteiger partial charge in [0, 0.05) is 68.4 Å². The molecule has 0 radical (unpaired) electrons. The van der Waals surface area contributed by atoms with E-state index in [0.717, 1.165) is 56.1 Å². The highest BCUT2D eigenvalue weighted by Crippen LogP contribution is 2.30. The molecule has 2 aliphatic rings. The van der Waals surface area contributed by atoms with E-state index in [1.807, 2.05) is 70.3 Å². The predicted molar refractivity (Wildman–Crippen MR) is 213 cm³/mol. The molecule has 2 saturated heterocycles. The second kappa shape index (κ2) is 16.4. The fourth-order valence-corrected chi connectivity index (χ4v) is 6.84. The van der Waals surface area contributed by atoms with Crippen molar-refractivity contribution in [3.05, 3.63) is 101 Å². The lowest BCUT2D eigenvalue weighted by Crippen LogP contribution is -2.49. The van der Waals surface area contributed by atoms with Gasteiger partial charge in [-0.05, 0) is 73.4 Å². The number of imide groups is 1. The molecule has 0 spiro atoms. The molecule has 5 aromatic rings. The zero-order chi connectivity index (χ0) is 40.3. The molecule has 296 valence electrons. The van der Waals surface area contributed by atoms with Gasteiger partial charge in [0.1, 0.15) is 23.8 Å². The van der Waals surface area contributed by atoms with Gasteiger partial charge in [-0.25, -0.2) is 24.1 Å². The number of urea groups is 1. The van der Waals surface area contributed by atoms with Gasteiger partial charge in [-0.2, -0.15) is 4.98 Å². The Morgan fingerprint density at radius 2 is 1.70 bits per heavy atom. The number of rotatable bonds is 11. The summed E-state index contributed by atoms with van der Waals surface area (Å²) in [5.74, 6) is 0.0676. The predicted octanol–water partition coefficient (Wildman–Crippen LogP) is 5.71. The molecule has 16 heteroatoms. The third kappa shape index (κ3) is 9.23. The Hall–Kier alpha value is -6.29. The fraction of sp³-hybridized carbons (Fsp3) is 0.366. The van der Waals surface area contributed by atoms with Crippen molar-refractivity contribution in [3.63, 3.8) is 0 Å². The van der Waals surface area contributed by atoms with Crippen LogP contribution in [0.5, 0.6) is 0 Å². The minimum absolute atomic E-state index is 0.147. The lowest BCUT2D eigenvalue weighted by molar-refractivity contribution is -0.120. The number of carbonyl (C=O) groups excluding carboxylic acids is 3. The van der Waals surface area contributed by atoms with E-state index in [0.29, 0.717) is 47.2 Å². The number of aromatic nitrogens is 5. The molecule has 57 heavy (non-hydrogen) atoms. The maximum Gasteiger partial charge on any atom is 0.328 e. The van der Waals surface area contributed by atoms with E-state index in [4.69, 9.17) is 4.52 Å².